The largest absolute Gasteiger partial charge is 0.496 e. The van der Waals surface area contributed by atoms with Gasteiger partial charge in [0, 0.05) is 0 Å². The minimum absolute atomic E-state index is 0.280. The van der Waals surface area contributed by atoms with Crippen molar-refractivity contribution in [3.63, 3.8) is 0 Å². The predicted molar refractivity (Wildman–Crippen MR) is 75.0 cm³/mol. The van der Waals surface area contributed by atoms with E-state index in [1.165, 1.54) is 14.2 Å². The van der Waals surface area contributed by atoms with E-state index in [1.54, 1.807) is 18.2 Å². The molecule has 1 aromatic heterocycles. The summed E-state index contributed by atoms with van der Waals surface area (Å²) < 4.78 is 48.9. The molecule has 1 aromatic carbocycles. The first kappa shape index (κ1) is 16.0. The Balaban J connectivity index is 2.51. The van der Waals surface area contributed by atoms with Crippen LogP contribution in [-0.4, -0.2) is 35.3 Å². The molecule has 0 radical (unpaired) electrons. The Kier molecular flexibility index (Phi) is 4.50. The standard InChI is InChI=1S/C12H11F3N4O2S/c1-20-8-4-3-5-9(21-2)7(8)6-16-19-10(12(13,14)15)17-18-11(19)22/h3-6H,1-2H3,(H,18,22). The zero-order valence-electron chi connectivity index (χ0n) is 11.5. The molecule has 0 saturated heterocycles. The van der Waals surface area contributed by atoms with Crippen molar-refractivity contribution in [1.82, 2.24) is 14.9 Å². The lowest BCUT2D eigenvalue weighted by Gasteiger charge is -2.09. The van der Waals surface area contributed by atoms with Gasteiger partial charge >= 0.3 is 6.18 Å². The summed E-state index contributed by atoms with van der Waals surface area (Å²) in [7, 11) is 2.85. The van der Waals surface area contributed by atoms with Gasteiger partial charge in [0.25, 0.3) is 5.82 Å². The quantitative estimate of drug-likeness (QED) is 0.691. The summed E-state index contributed by atoms with van der Waals surface area (Å²) in [5.41, 5.74) is 0.378. The van der Waals surface area contributed by atoms with Crippen LogP contribution < -0.4 is 9.47 Å². The van der Waals surface area contributed by atoms with Crippen molar-refractivity contribution in [1.29, 1.82) is 0 Å². The molecule has 22 heavy (non-hydrogen) atoms. The molecule has 0 aliphatic heterocycles. The van der Waals surface area contributed by atoms with E-state index < -0.39 is 12.0 Å². The highest BCUT2D eigenvalue weighted by molar-refractivity contribution is 7.71. The van der Waals surface area contributed by atoms with E-state index in [9.17, 15) is 13.2 Å². The molecule has 0 saturated carbocycles. The lowest BCUT2D eigenvalue weighted by Crippen LogP contribution is -2.13. The van der Waals surface area contributed by atoms with E-state index in [0.29, 0.717) is 21.7 Å². The maximum Gasteiger partial charge on any atom is 0.453 e. The number of aromatic nitrogens is 3. The predicted octanol–water partition coefficient (Wildman–Crippen LogP) is 2.86. The minimum Gasteiger partial charge on any atom is -0.496 e. The molecule has 0 fully saturated rings. The first-order valence-corrected chi connectivity index (χ1v) is 6.29. The van der Waals surface area contributed by atoms with Gasteiger partial charge in [0.05, 0.1) is 26.0 Å². The van der Waals surface area contributed by atoms with Crippen LogP contribution in [0.2, 0.25) is 0 Å². The van der Waals surface area contributed by atoms with Gasteiger partial charge in [-0.05, 0) is 24.4 Å². The van der Waals surface area contributed by atoms with Crippen LogP contribution in [0.3, 0.4) is 0 Å². The number of nitrogens with zero attached hydrogens (tertiary/aromatic N) is 3. The van der Waals surface area contributed by atoms with Gasteiger partial charge < -0.3 is 9.47 Å². The molecule has 118 valence electrons. The highest BCUT2D eigenvalue weighted by Crippen LogP contribution is 2.28. The number of rotatable bonds is 4. The third-order valence-electron chi connectivity index (χ3n) is 2.67. The maximum atomic E-state index is 12.8. The summed E-state index contributed by atoms with van der Waals surface area (Å²) in [6.07, 6.45) is -3.52. The fourth-order valence-electron chi connectivity index (χ4n) is 1.70. The van der Waals surface area contributed by atoms with Crippen LogP contribution >= 0.6 is 12.2 Å². The Hall–Kier alpha value is -2.36. The van der Waals surface area contributed by atoms with Crippen LogP contribution in [0.25, 0.3) is 0 Å². The van der Waals surface area contributed by atoms with E-state index in [2.05, 4.69) is 15.3 Å². The summed E-state index contributed by atoms with van der Waals surface area (Å²) in [4.78, 5) is 0. The molecule has 1 heterocycles. The summed E-state index contributed by atoms with van der Waals surface area (Å²) in [6, 6.07) is 4.94. The maximum absolute atomic E-state index is 12.8. The average molecular weight is 332 g/mol. The molecule has 0 unspecified atom stereocenters. The second-order valence-electron chi connectivity index (χ2n) is 3.98. The van der Waals surface area contributed by atoms with Crippen LogP contribution in [-0.2, 0) is 6.18 Å². The van der Waals surface area contributed by atoms with Crippen LogP contribution in [0.5, 0.6) is 11.5 Å². The molecule has 1 N–H and O–H groups in total. The van der Waals surface area contributed by atoms with Gasteiger partial charge in [-0.3, -0.25) is 0 Å². The number of ether oxygens (including phenoxy) is 2. The van der Waals surface area contributed by atoms with Crippen LogP contribution in [0.1, 0.15) is 11.4 Å². The second kappa shape index (κ2) is 6.18. The molecule has 6 nitrogen and oxygen atoms in total. The van der Waals surface area contributed by atoms with Gasteiger partial charge in [0.15, 0.2) is 0 Å². The Morgan fingerprint density at radius 2 is 1.86 bits per heavy atom. The Labute approximate surface area is 128 Å². The van der Waals surface area contributed by atoms with Crippen molar-refractivity contribution < 1.29 is 22.6 Å². The first-order chi connectivity index (χ1) is 10.4. The van der Waals surface area contributed by atoms with Crippen molar-refractivity contribution >= 4 is 18.4 Å². The third-order valence-corrected chi connectivity index (χ3v) is 2.94. The van der Waals surface area contributed by atoms with E-state index in [0.717, 1.165) is 6.21 Å². The van der Waals surface area contributed by atoms with Crippen LogP contribution in [0.15, 0.2) is 23.3 Å². The lowest BCUT2D eigenvalue weighted by atomic mass is 10.2. The van der Waals surface area contributed by atoms with Gasteiger partial charge in [0.2, 0.25) is 4.77 Å². The van der Waals surface area contributed by atoms with Gasteiger partial charge in [-0.1, -0.05) is 6.07 Å². The molecule has 2 aromatic rings. The Bertz CT molecular complexity index is 729. The molecule has 0 atom stereocenters. The molecule has 10 heteroatoms. The number of methoxy groups -OCH3 is 2. The van der Waals surface area contributed by atoms with E-state index in [4.69, 9.17) is 21.7 Å². The molecule has 0 spiro atoms. The van der Waals surface area contributed by atoms with Crippen LogP contribution in [0, 0.1) is 4.77 Å². The van der Waals surface area contributed by atoms with Crippen molar-refractivity contribution in [3.05, 3.63) is 34.4 Å². The van der Waals surface area contributed by atoms with Gasteiger partial charge in [-0.2, -0.15) is 22.9 Å². The van der Waals surface area contributed by atoms with Crippen molar-refractivity contribution in [2.45, 2.75) is 6.18 Å². The Morgan fingerprint density at radius 1 is 1.27 bits per heavy atom. The van der Waals surface area contributed by atoms with Crippen molar-refractivity contribution in [2.24, 2.45) is 5.10 Å². The van der Waals surface area contributed by atoms with Crippen LogP contribution in [0.4, 0.5) is 13.2 Å². The van der Waals surface area contributed by atoms with E-state index >= 15 is 0 Å². The number of benzene rings is 1. The molecule has 2 rings (SSSR count). The van der Waals surface area contributed by atoms with E-state index in [-0.39, 0.29) is 4.77 Å². The molecule has 0 amide bonds. The number of nitrogens with one attached hydrogen (secondary N) is 1. The lowest BCUT2D eigenvalue weighted by molar-refractivity contribution is -0.147. The summed E-state index contributed by atoms with van der Waals surface area (Å²) >= 11 is 4.75. The van der Waals surface area contributed by atoms with Crippen molar-refractivity contribution in [2.75, 3.05) is 14.2 Å². The molecule has 0 bridgehead atoms. The number of hydrogen-bond donors (Lipinski definition) is 1. The van der Waals surface area contributed by atoms with Gasteiger partial charge in [-0.25, -0.2) is 5.10 Å². The fraction of sp³-hybridized carbons (Fsp3) is 0.250. The smallest absolute Gasteiger partial charge is 0.453 e. The molecule has 0 aliphatic rings. The first-order valence-electron chi connectivity index (χ1n) is 5.88. The van der Waals surface area contributed by atoms with Crippen molar-refractivity contribution in [3.8, 4) is 11.5 Å². The minimum atomic E-state index is -4.68. The summed E-state index contributed by atoms with van der Waals surface area (Å²) in [5, 5.41) is 8.92. The molecule has 0 aliphatic carbocycles. The monoisotopic (exact) mass is 332 g/mol. The zero-order chi connectivity index (χ0) is 16.3. The van der Waals surface area contributed by atoms with Gasteiger partial charge in [0.1, 0.15) is 11.5 Å². The second-order valence-corrected chi connectivity index (χ2v) is 4.37. The zero-order valence-corrected chi connectivity index (χ0v) is 12.3. The third kappa shape index (κ3) is 3.11. The topological polar surface area (TPSA) is 64.4 Å². The van der Waals surface area contributed by atoms with E-state index in [1.807, 2.05) is 0 Å². The fourth-order valence-corrected chi connectivity index (χ4v) is 1.88. The number of aromatic amines is 1. The number of halogens is 3. The summed E-state index contributed by atoms with van der Waals surface area (Å²) in [6.45, 7) is 0. The molecular formula is C12H11F3N4O2S. The average Bonchev–Trinajstić information content (AvgIpc) is 2.85. The SMILES string of the molecule is COc1cccc(OC)c1C=Nn1c(C(F)(F)F)n[nH]c1=S. The number of H-pyrrole nitrogens is 1. The van der Waals surface area contributed by atoms with Gasteiger partial charge in [-0.15, -0.1) is 5.10 Å². The number of alkyl halides is 3. The highest BCUT2D eigenvalue weighted by atomic mass is 32.1. The number of hydrogen-bond acceptors (Lipinski definition) is 5. The summed E-state index contributed by atoms with van der Waals surface area (Å²) in [5.74, 6) is -0.457. The highest BCUT2D eigenvalue weighted by Gasteiger charge is 2.37. The Morgan fingerprint density at radius 3 is 2.36 bits per heavy atom. The normalized spacial score (nSPS) is 11.9. The molecular weight excluding hydrogens is 321 g/mol.